The van der Waals surface area contributed by atoms with Crippen molar-refractivity contribution < 1.29 is 18.8 Å². The van der Waals surface area contributed by atoms with Crippen LogP contribution in [0.1, 0.15) is 37.7 Å². The van der Waals surface area contributed by atoms with Gasteiger partial charge in [0.15, 0.2) is 6.61 Å². The van der Waals surface area contributed by atoms with Crippen molar-refractivity contribution in [2.45, 2.75) is 45.1 Å². The van der Waals surface area contributed by atoms with Crippen LogP contribution in [-0.4, -0.2) is 49.8 Å². The second-order valence-corrected chi connectivity index (χ2v) is 7.68. The van der Waals surface area contributed by atoms with Crippen LogP contribution in [-0.2, 0) is 9.53 Å². The lowest BCUT2D eigenvalue weighted by Crippen LogP contribution is -2.61. The standard InChI is InChI=1S/C20H30NO3/c1-16-7-5-9-18(13-16)23-15-20(22)24-14-17-8-6-12-21(2)11-4-3-10-19(17)21/h5,7,9,13,17,19H,3-4,6,8,10-12,14-15H2,1-2H3/q+1. The van der Waals surface area contributed by atoms with E-state index in [2.05, 4.69) is 7.05 Å². The Balaban J connectivity index is 1.47. The van der Waals surface area contributed by atoms with Gasteiger partial charge in [-0.15, -0.1) is 0 Å². The third-order valence-corrected chi connectivity index (χ3v) is 5.81. The molecule has 0 aromatic heterocycles. The summed E-state index contributed by atoms with van der Waals surface area (Å²) in [6.45, 7) is 5.12. The van der Waals surface area contributed by atoms with Gasteiger partial charge >= 0.3 is 5.97 Å². The molecule has 2 aliphatic heterocycles. The van der Waals surface area contributed by atoms with Gasteiger partial charge in [0.05, 0.1) is 32.8 Å². The van der Waals surface area contributed by atoms with Gasteiger partial charge < -0.3 is 14.0 Å². The number of ether oxygens (including phenoxy) is 2. The lowest BCUT2D eigenvalue weighted by Gasteiger charge is -2.51. The van der Waals surface area contributed by atoms with Gasteiger partial charge in [0.2, 0.25) is 0 Å². The maximum absolute atomic E-state index is 12.0. The van der Waals surface area contributed by atoms with Gasteiger partial charge in [-0.2, -0.15) is 0 Å². The molecule has 2 heterocycles. The fraction of sp³-hybridized carbons (Fsp3) is 0.650. The zero-order valence-corrected chi connectivity index (χ0v) is 15.0. The second kappa shape index (κ2) is 7.56. The molecule has 4 heteroatoms. The topological polar surface area (TPSA) is 35.5 Å². The molecule has 24 heavy (non-hydrogen) atoms. The van der Waals surface area contributed by atoms with E-state index in [4.69, 9.17) is 9.47 Å². The van der Waals surface area contributed by atoms with Crippen molar-refractivity contribution in [2.24, 2.45) is 5.92 Å². The Labute approximate surface area is 145 Å². The van der Waals surface area contributed by atoms with E-state index in [1.807, 2.05) is 31.2 Å². The number of hydrogen-bond acceptors (Lipinski definition) is 3. The van der Waals surface area contributed by atoms with Crippen LogP contribution in [0.15, 0.2) is 24.3 Å². The van der Waals surface area contributed by atoms with Gasteiger partial charge in [0.25, 0.3) is 0 Å². The lowest BCUT2D eigenvalue weighted by atomic mass is 9.82. The van der Waals surface area contributed by atoms with Crippen molar-refractivity contribution in [1.29, 1.82) is 0 Å². The third kappa shape index (κ3) is 4.10. The zero-order chi connectivity index (χ0) is 17.0. The molecule has 0 radical (unpaired) electrons. The van der Waals surface area contributed by atoms with Crippen LogP contribution in [0.3, 0.4) is 0 Å². The number of fused-ring (bicyclic) bond motifs is 1. The second-order valence-electron chi connectivity index (χ2n) is 7.68. The van der Waals surface area contributed by atoms with Crippen molar-refractivity contribution in [3.8, 4) is 5.75 Å². The van der Waals surface area contributed by atoms with E-state index >= 15 is 0 Å². The van der Waals surface area contributed by atoms with Crippen LogP contribution >= 0.6 is 0 Å². The number of quaternary nitrogens is 1. The molecule has 0 amide bonds. The molecule has 0 aliphatic carbocycles. The maximum atomic E-state index is 12.0. The number of nitrogens with zero attached hydrogens (tertiary/aromatic N) is 1. The van der Waals surface area contributed by atoms with Crippen molar-refractivity contribution in [1.82, 2.24) is 0 Å². The van der Waals surface area contributed by atoms with Gasteiger partial charge in [-0.3, -0.25) is 0 Å². The molecule has 4 nitrogen and oxygen atoms in total. The Bertz CT molecular complexity index is 570. The first-order chi connectivity index (χ1) is 11.6. The highest BCUT2D eigenvalue weighted by atomic mass is 16.6. The molecule has 2 saturated heterocycles. The lowest BCUT2D eigenvalue weighted by molar-refractivity contribution is -0.947. The predicted molar refractivity (Wildman–Crippen MR) is 93.9 cm³/mol. The molecule has 0 N–H and O–H groups in total. The number of carbonyl (C=O) groups excluding carboxylic acids is 1. The number of carbonyl (C=O) groups is 1. The van der Waals surface area contributed by atoms with Crippen LogP contribution in [0.4, 0.5) is 0 Å². The highest BCUT2D eigenvalue weighted by Gasteiger charge is 2.43. The molecule has 0 bridgehead atoms. The molecule has 0 spiro atoms. The van der Waals surface area contributed by atoms with E-state index in [1.54, 1.807) is 0 Å². The molecule has 132 valence electrons. The summed E-state index contributed by atoms with van der Waals surface area (Å²) in [4.78, 5) is 12.0. The summed E-state index contributed by atoms with van der Waals surface area (Å²) in [5, 5.41) is 0. The van der Waals surface area contributed by atoms with E-state index in [0.29, 0.717) is 18.6 Å². The molecule has 3 atom stereocenters. The zero-order valence-electron chi connectivity index (χ0n) is 15.0. The number of esters is 1. The minimum atomic E-state index is -0.257. The van der Waals surface area contributed by atoms with Gasteiger partial charge in [0.1, 0.15) is 5.75 Å². The number of aryl methyl sites for hydroxylation is 1. The Kier molecular flexibility index (Phi) is 5.44. The molecule has 3 unspecified atom stereocenters. The number of piperidine rings is 2. The van der Waals surface area contributed by atoms with Crippen molar-refractivity contribution >= 4 is 5.97 Å². The quantitative estimate of drug-likeness (QED) is 0.613. The smallest absolute Gasteiger partial charge is 0.344 e. The van der Waals surface area contributed by atoms with E-state index in [0.717, 1.165) is 11.3 Å². The largest absolute Gasteiger partial charge is 0.482 e. The summed E-state index contributed by atoms with van der Waals surface area (Å²) < 4.78 is 12.3. The SMILES string of the molecule is Cc1cccc(OCC(=O)OCC2CCC[N+]3(C)CCCCC23)c1. The first-order valence-corrected chi connectivity index (χ1v) is 9.26. The summed E-state index contributed by atoms with van der Waals surface area (Å²) in [6.07, 6.45) is 6.36. The Morgan fingerprint density at radius 2 is 2.04 bits per heavy atom. The average molecular weight is 332 g/mol. The minimum Gasteiger partial charge on any atom is -0.482 e. The highest BCUT2D eigenvalue weighted by Crippen LogP contribution is 2.36. The molecule has 2 fully saturated rings. The van der Waals surface area contributed by atoms with Crippen molar-refractivity contribution in [3.63, 3.8) is 0 Å². The van der Waals surface area contributed by atoms with E-state index in [-0.39, 0.29) is 12.6 Å². The summed E-state index contributed by atoms with van der Waals surface area (Å²) in [5.41, 5.74) is 1.12. The molecule has 1 aromatic carbocycles. The Morgan fingerprint density at radius 1 is 1.21 bits per heavy atom. The first-order valence-electron chi connectivity index (χ1n) is 9.26. The molecule has 0 saturated carbocycles. The Hall–Kier alpha value is -1.55. The molecule has 2 aliphatic rings. The van der Waals surface area contributed by atoms with Crippen LogP contribution in [0.5, 0.6) is 5.75 Å². The molecular formula is C20H30NO3+. The van der Waals surface area contributed by atoms with E-state index in [9.17, 15) is 4.79 Å². The molecular weight excluding hydrogens is 302 g/mol. The van der Waals surface area contributed by atoms with Crippen LogP contribution in [0.25, 0.3) is 0 Å². The fourth-order valence-corrected chi connectivity index (χ4v) is 4.52. The van der Waals surface area contributed by atoms with Crippen LogP contribution in [0, 0.1) is 12.8 Å². The van der Waals surface area contributed by atoms with Gasteiger partial charge in [-0.25, -0.2) is 4.79 Å². The fourth-order valence-electron chi connectivity index (χ4n) is 4.52. The number of benzene rings is 1. The number of rotatable bonds is 5. The normalized spacial score (nSPS) is 29.6. The van der Waals surface area contributed by atoms with Crippen molar-refractivity contribution in [3.05, 3.63) is 29.8 Å². The summed E-state index contributed by atoms with van der Waals surface area (Å²) >= 11 is 0. The van der Waals surface area contributed by atoms with Crippen LogP contribution in [0.2, 0.25) is 0 Å². The van der Waals surface area contributed by atoms with Gasteiger partial charge in [0, 0.05) is 12.3 Å². The summed E-state index contributed by atoms with van der Waals surface area (Å²) in [5.74, 6) is 0.972. The number of hydrogen-bond donors (Lipinski definition) is 0. The van der Waals surface area contributed by atoms with Gasteiger partial charge in [-0.1, -0.05) is 12.1 Å². The van der Waals surface area contributed by atoms with Crippen molar-refractivity contribution in [2.75, 3.05) is 33.4 Å². The first kappa shape index (κ1) is 17.3. The molecule has 3 rings (SSSR count). The Morgan fingerprint density at radius 3 is 2.88 bits per heavy atom. The van der Waals surface area contributed by atoms with E-state index < -0.39 is 0 Å². The summed E-state index contributed by atoms with van der Waals surface area (Å²) in [6, 6.07) is 8.40. The minimum absolute atomic E-state index is 0.00698. The maximum Gasteiger partial charge on any atom is 0.344 e. The van der Waals surface area contributed by atoms with E-state index in [1.165, 1.54) is 49.7 Å². The molecule has 1 aromatic rings. The highest BCUT2D eigenvalue weighted by molar-refractivity contribution is 5.71. The monoisotopic (exact) mass is 332 g/mol. The predicted octanol–water partition coefficient (Wildman–Crippen LogP) is 3.33. The van der Waals surface area contributed by atoms with Crippen LogP contribution < -0.4 is 4.74 Å². The summed E-state index contributed by atoms with van der Waals surface area (Å²) in [7, 11) is 2.39. The average Bonchev–Trinajstić information content (AvgIpc) is 2.57. The van der Waals surface area contributed by atoms with Gasteiger partial charge in [-0.05, 0) is 50.3 Å². The third-order valence-electron chi connectivity index (χ3n) is 5.81.